The Labute approximate surface area is 138 Å². The van der Waals surface area contributed by atoms with Gasteiger partial charge in [-0.1, -0.05) is 18.2 Å². The number of benzene rings is 2. The molecule has 0 bridgehead atoms. The number of carbonyl (C=O) groups is 2. The number of halogens is 1. The van der Waals surface area contributed by atoms with Gasteiger partial charge in [0.15, 0.2) is 0 Å². The standard InChI is InChI=1S/C17H18FN3O3/c18-12-6-7-14(15(10-12)21-17(23)11-19)20-16(22)8-9-24-13-4-2-1-3-5-13/h1-7,10H,8-9,11,19H2,(H,20,22)(H,21,23). The van der Waals surface area contributed by atoms with Crippen LogP contribution in [0.4, 0.5) is 15.8 Å². The van der Waals surface area contributed by atoms with Crippen LogP contribution in [0.3, 0.4) is 0 Å². The molecule has 6 nitrogen and oxygen atoms in total. The van der Waals surface area contributed by atoms with Gasteiger partial charge in [-0.3, -0.25) is 9.59 Å². The number of rotatable bonds is 7. The first-order valence-electron chi connectivity index (χ1n) is 7.35. The maximum Gasteiger partial charge on any atom is 0.238 e. The highest BCUT2D eigenvalue weighted by Gasteiger charge is 2.10. The van der Waals surface area contributed by atoms with Crippen LogP contribution in [0.15, 0.2) is 48.5 Å². The van der Waals surface area contributed by atoms with Crippen molar-refractivity contribution in [2.45, 2.75) is 6.42 Å². The van der Waals surface area contributed by atoms with E-state index in [0.717, 1.165) is 6.07 Å². The van der Waals surface area contributed by atoms with Crippen molar-refractivity contribution in [3.63, 3.8) is 0 Å². The SMILES string of the molecule is NCC(=O)Nc1cc(F)ccc1NC(=O)CCOc1ccccc1. The summed E-state index contributed by atoms with van der Waals surface area (Å²) in [6.45, 7) is -0.0453. The maximum atomic E-state index is 13.3. The summed E-state index contributed by atoms with van der Waals surface area (Å²) in [5, 5.41) is 5.05. The van der Waals surface area contributed by atoms with Crippen molar-refractivity contribution in [2.75, 3.05) is 23.8 Å². The normalized spacial score (nSPS) is 10.1. The van der Waals surface area contributed by atoms with Gasteiger partial charge in [-0.05, 0) is 30.3 Å². The van der Waals surface area contributed by atoms with E-state index in [-0.39, 0.29) is 31.2 Å². The molecule has 2 aromatic rings. The molecule has 0 aliphatic rings. The second-order valence-electron chi connectivity index (χ2n) is 4.90. The van der Waals surface area contributed by atoms with Gasteiger partial charge in [0, 0.05) is 0 Å². The van der Waals surface area contributed by atoms with Crippen LogP contribution in [0.5, 0.6) is 5.75 Å². The summed E-state index contributed by atoms with van der Waals surface area (Å²) in [5.74, 6) is -0.667. The van der Waals surface area contributed by atoms with Crippen LogP contribution in [-0.4, -0.2) is 25.0 Å². The van der Waals surface area contributed by atoms with E-state index < -0.39 is 11.7 Å². The van der Waals surface area contributed by atoms with E-state index >= 15 is 0 Å². The molecule has 0 saturated heterocycles. The monoisotopic (exact) mass is 331 g/mol. The van der Waals surface area contributed by atoms with E-state index in [4.69, 9.17) is 10.5 Å². The third-order valence-electron chi connectivity index (χ3n) is 3.06. The van der Waals surface area contributed by atoms with Crippen molar-refractivity contribution in [2.24, 2.45) is 5.73 Å². The number of hydrogen-bond donors (Lipinski definition) is 3. The second-order valence-corrected chi connectivity index (χ2v) is 4.90. The van der Waals surface area contributed by atoms with Gasteiger partial charge in [0.1, 0.15) is 11.6 Å². The number of carbonyl (C=O) groups excluding carboxylic acids is 2. The van der Waals surface area contributed by atoms with Crippen LogP contribution in [0.1, 0.15) is 6.42 Å². The smallest absolute Gasteiger partial charge is 0.238 e. The Balaban J connectivity index is 1.92. The summed E-state index contributed by atoms with van der Waals surface area (Å²) in [5.41, 5.74) is 5.67. The molecule has 7 heteroatoms. The lowest BCUT2D eigenvalue weighted by molar-refractivity contribution is -0.117. The van der Waals surface area contributed by atoms with Crippen LogP contribution in [0, 0.1) is 5.82 Å². The zero-order chi connectivity index (χ0) is 17.4. The van der Waals surface area contributed by atoms with Gasteiger partial charge in [0.2, 0.25) is 11.8 Å². The molecule has 0 unspecified atom stereocenters. The van der Waals surface area contributed by atoms with E-state index in [9.17, 15) is 14.0 Å². The number of amides is 2. The fourth-order valence-corrected chi connectivity index (χ4v) is 1.92. The van der Waals surface area contributed by atoms with Crippen LogP contribution in [0.2, 0.25) is 0 Å². The Morgan fingerprint density at radius 1 is 1.00 bits per heavy atom. The number of hydrogen-bond acceptors (Lipinski definition) is 4. The molecule has 0 aliphatic carbocycles. The summed E-state index contributed by atoms with van der Waals surface area (Å²) >= 11 is 0. The number of ether oxygens (including phenoxy) is 1. The summed E-state index contributed by atoms with van der Waals surface area (Å²) < 4.78 is 18.8. The van der Waals surface area contributed by atoms with Gasteiger partial charge < -0.3 is 21.1 Å². The highest BCUT2D eigenvalue weighted by molar-refractivity contribution is 6.00. The van der Waals surface area contributed by atoms with Crippen LogP contribution in [-0.2, 0) is 9.59 Å². The van der Waals surface area contributed by atoms with E-state index in [2.05, 4.69) is 10.6 Å². The topological polar surface area (TPSA) is 93.5 Å². The molecule has 2 rings (SSSR count). The van der Waals surface area contributed by atoms with Crippen molar-refractivity contribution >= 4 is 23.2 Å². The minimum atomic E-state index is -0.535. The number of nitrogens with two attached hydrogens (primary N) is 1. The molecule has 0 spiro atoms. The molecule has 2 amide bonds. The van der Waals surface area contributed by atoms with Crippen LogP contribution < -0.4 is 21.1 Å². The average molecular weight is 331 g/mol. The molecule has 0 aromatic heterocycles. The van der Waals surface area contributed by atoms with Crippen LogP contribution >= 0.6 is 0 Å². The van der Waals surface area contributed by atoms with Gasteiger partial charge in [0.25, 0.3) is 0 Å². The summed E-state index contributed by atoms with van der Waals surface area (Å²) in [4.78, 5) is 23.3. The van der Waals surface area contributed by atoms with E-state index in [1.165, 1.54) is 12.1 Å². The predicted octanol–water partition coefficient (Wildman–Crippen LogP) is 2.13. The van der Waals surface area contributed by atoms with Gasteiger partial charge in [-0.2, -0.15) is 0 Å². The fraction of sp³-hybridized carbons (Fsp3) is 0.176. The lowest BCUT2D eigenvalue weighted by Gasteiger charge is -2.12. The fourth-order valence-electron chi connectivity index (χ4n) is 1.92. The largest absolute Gasteiger partial charge is 0.493 e. The van der Waals surface area contributed by atoms with Crippen LogP contribution in [0.25, 0.3) is 0 Å². The van der Waals surface area contributed by atoms with Crippen molar-refractivity contribution in [1.29, 1.82) is 0 Å². The number of nitrogens with one attached hydrogen (secondary N) is 2. The molecule has 0 fully saturated rings. The average Bonchev–Trinajstić information content (AvgIpc) is 2.58. The molecule has 0 atom stereocenters. The second kappa shape index (κ2) is 8.64. The highest BCUT2D eigenvalue weighted by Crippen LogP contribution is 2.23. The van der Waals surface area contributed by atoms with Crippen molar-refractivity contribution in [3.05, 3.63) is 54.3 Å². The molecule has 0 heterocycles. The molecule has 2 aromatic carbocycles. The predicted molar refractivity (Wildman–Crippen MR) is 89.3 cm³/mol. The Morgan fingerprint density at radius 3 is 2.42 bits per heavy atom. The zero-order valence-corrected chi connectivity index (χ0v) is 12.9. The Morgan fingerprint density at radius 2 is 1.71 bits per heavy atom. The van der Waals surface area contributed by atoms with Crippen molar-refractivity contribution in [3.8, 4) is 5.75 Å². The van der Waals surface area contributed by atoms with Gasteiger partial charge >= 0.3 is 0 Å². The third-order valence-corrected chi connectivity index (χ3v) is 3.06. The summed E-state index contributed by atoms with van der Waals surface area (Å²) in [6.07, 6.45) is 0.108. The Kier molecular flexibility index (Phi) is 6.27. The molecular formula is C17H18FN3O3. The zero-order valence-electron chi connectivity index (χ0n) is 12.9. The Hall–Kier alpha value is -2.93. The molecule has 126 valence electrons. The number of anilines is 2. The molecule has 0 aliphatic heterocycles. The van der Waals surface area contributed by atoms with Gasteiger partial charge in [0.05, 0.1) is 30.9 Å². The molecule has 4 N–H and O–H groups in total. The highest BCUT2D eigenvalue weighted by atomic mass is 19.1. The van der Waals surface area contributed by atoms with Crippen molar-refractivity contribution < 1.29 is 18.7 Å². The first kappa shape index (κ1) is 17.4. The lowest BCUT2D eigenvalue weighted by Crippen LogP contribution is -2.23. The summed E-state index contributed by atoms with van der Waals surface area (Å²) in [6, 6.07) is 12.8. The number of para-hydroxylation sites is 1. The lowest BCUT2D eigenvalue weighted by atomic mass is 10.2. The molecular weight excluding hydrogens is 313 g/mol. The minimum absolute atomic E-state index is 0.108. The maximum absolute atomic E-state index is 13.3. The van der Waals surface area contributed by atoms with Crippen molar-refractivity contribution in [1.82, 2.24) is 0 Å². The minimum Gasteiger partial charge on any atom is -0.493 e. The molecule has 0 radical (unpaired) electrons. The molecule has 24 heavy (non-hydrogen) atoms. The third kappa shape index (κ3) is 5.36. The summed E-state index contributed by atoms with van der Waals surface area (Å²) in [7, 11) is 0. The first-order chi connectivity index (χ1) is 11.6. The first-order valence-corrected chi connectivity index (χ1v) is 7.35. The van der Waals surface area contributed by atoms with E-state index in [0.29, 0.717) is 11.4 Å². The Bertz CT molecular complexity index is 707. The quantitative estimate of drug-likeness (QED) is 0.724. The molecule has 0 saturated carbocycles. The van der Waals surface area contributed by atoms with Gasteiger partial charge in [-0.25, -0.2) is 4.39 Å². The van der Waals surface area contributed by atoms with Gasteiger partial charge in [-0.15, -0.1) is 0 Å². The van der Waals surface area contributed by atoms with E-state index in [1.807, 2.05) is 18.2 Å². The van der Waals surface area contributed by atoms with E-state index in [1.54, 1.807) is 12.1 Å².